The van der Waals surface area contributed by atoms with Crippen LogP contribution in [0.1, 0.15) is 76.1 Å². The molecule has 0 aliphatic rings. The van der Waals surface area contributed by atoms with Crippen molar-refractivity contribution in [3.05, 3.63) is 23.0 Å². The molecule has 0 fully saturated rings. The fourth-order valence-electron chi connectivity index (χ4n) is 6.63. The van der Waals surface area contributed by atoms with E-state index in [1.807, 2.05) is 0 Å². The molecule has 1 aromatic rings. The van der Waals surface area contributed by atoms with Gasteiger partial charge in [0, 0.05) is 102 Å². The van der Waals surface area contributed by atoms with E-state index < -0.39 is 83.2 Å². The Hall–Kier alpha value is -2.40. The number of pyridine rings is 1. The normalized spacial score (nSPS) is 14.8. The fourth-order valence-corrected chi connectivity index (χ4v) is 6.94. The molecule has 0 aromatic carbocycles. The Labute approximate surface area is 408 Å². The Morgan fingerprint density at radius 3 is 1.52 bits per heavy atom. The zero-order valence-electron chi connectivity index (χ0n) is 41.3. The fraction of sp³-hybridized carbons (Fsp3) is 0.841. The minimum atomic E-state index is -4.48. The number of unbranched alkanes of at least 4 members (excludes halogenated alkanes) is 1. The summed E-state index contributed by atoms with van der Waals surface area (Å²) >= 11 is 0. The first-order valence-corrected chi connectivity index (χ1v) is 25.8. The summed E-state index contributed by atoms with van der Waals surface area (Å²) in [6.45, 7) is 16.2. The maximum Gasteiger partial charge on any atom is 0.567 e. The SMILES string of the molecule is CCCCNCCN(CCNCCC(=O)OCC(O)C(O)C(O)COCC(O)C(O)C(O)COC(=O)CCNCCN(CCC)CCNCCC)CCNCc1c(CO[P+](O)(O)O)cnc(C)c1O. The van der Waals surface area contributed by atoms with Crippen molar-refractivity contribution in [2.75, 3.05) is 125 Å². The van der Waals surface area contributed by atoms with E-state index >= 15 is 0 Å². The van der Waals surface area contributed by atoms with Gasteiger partial charge in [-0.3, -0.25) is 19.5 Å². The summed E-state index contributed by atoms with van der Waals surface area (Å²) in [5, 5.41) is 88.8. The largest absolute Gasteiger partial charge is 0.567 e. The van der Waals surface area contributed by atoms with E-state index in [4.69, 9.17) is 18.7 Å². The summed E-state index contributed by atoms with van der Waals surface area (Å²) in [5.74, 6) is -1.32. The number of hydrogen-bond donors (Lipinski definition) is 15. The summed E-state index contributed by atoms with van der Waals surface area (Å²) in [6.07, 6.45) is -4.47. The molecule has 1 rings (SSSR count). The predicted molar refractivity (Wildman–Crippen MR) is 259 cm³/mol. The highest BCUT2D eigenvalue weighted by atomic mass is 31.2. The smallest absolute Gasteiger partial charge is 0.506 e. The zero-order valence-corrected chi connectivity index (χ0v) is 42.2. The van der Waals surface area contributed by atoms with Crippen LogP contribution in [-0.2, 0) is 41.5 Å². The number of esters is 2. The molecule has 6 unspecified atom stereocenters. The number of aromatic nitrogens is 1. The maximum atomic E-state index is 12.4. The molecule has 15 N–H and O–H groups in total. The molecule has 0 amide bonds. The number of aromatic hydroxyl groups is 1. The van der Waals surface area contributed by atoms with Crippen LogP contribution in [0.2, 0.25) is 0 Å². The highest BCUT2D eigenvalue weighted by molar-refractivity contribution is 7.53. The second-order valence-corrected chi connectivity index (χ2v) is 18.1. The Kier molecular flexibility index (Phi) is 36.7. The molecular formula is C44H88N8O16P+. The van der Waals surface area contributed by atoms with Crippen molar-refractivity contribution in [3.8, 4) is 5.75 Å². The van der Waals surface area contributed by atoms with Gasteiger partial charge in [-0.1, -0.05) is 27.2 Å². The average Bonchev–Trinajstić information content (AvgIpc) is 3.31. The highest BCUT2D eigenvalue weighted by Crippen LogP contribution is 2.46. The van der Waals surface area contributed by atoms with Crippen LogP contribution in [0, 0.1) is 6.92 Å². The number of hydrogen-bond acceptors (Lipinski definition) is 24. The van der Waals surface area contributed by atoms with Crippen LogP contribution in [0.25, 0.3) is 0 Å². The van der Waals surface area contributed by atoms with Gasteiger partial charge in [0.05, 0.1) is 31.7 Å². The van der Waals surface area contributed by atoms with E-state index in [1.165, 1.54) is 6.20 Å². The standard InChI is InChI=1S/C44H87N8O16P/c1-5-8-12-46-16-23-52(25-19-49-27-35-34(28-68-69(62,63)64)26-50-33(4)42(35)59)24-18-48-14-10-41(58)67-32-39(56)44(61)37(54)30-65-29-36(53)43(60)38(55)31-66-40(57)9-13-47-17-22-51(20-7-3)21-15-45-11-6-2/h26,36-39,43-49,53-56,60-64H,5-25,27-32H2,1-4H3/p+1. The van der Waals surface area contributed by atoms with E-state index in [-0.39, 0.29) is 38.3 Å². The minimum absolute atomic E-state index is 0.0418. The van der Waals surface area contributed by atoms with E-state index in [0.29, 0.717) is 56.1 Å². The van der Waals surface area contributed by atoms with E-state index in [1.54, 1.807) is 6.92 Å². The van der Waals surface area contributed by atoms with Crippen LogP contribution in [0.5, 0.6) is 5.75 Å². The lowest BCUT2D eigenvalue weighted by Crippen LogP contribution is -2.45. The van der Waals surface area contributed by atoms with Gasteiger partial charge in [-0.05, 0) is 45.8 Å². The first-order chi connectivity index (χ1) is 32.9. The first-order valence-electron chi connectivity index (χ1n) is 24.3. The Morgan fingerprint density at radius 2 is 1.06 bits per heavy atom. The Balaban J connectivity index is 2.36. The number of aliphatic hydroxyl groups excluding tert-OH is 6. The van der Waals surface area contributed by atoms with Crippen LogP contribution in [0.15, 0.2) is 6.20 Å². The number of aliphatic hydroxyl groups is 6. The Morgan fingerprint density at radius 1 is 0.609 bits per heavy atom. The van der Waals surface area contributed by atoms with Crippen molar-refractivity contribution in [1.29, 1.82) is 0 Å². The molecule has 6 atom stereocenters. The lowest BCUT2D eigenvalue weighted by atomic mass is 10.1. The zero-order chi connectivity index (χ0) is 51.5. The number of rotatable bonds is 45. The summed E-state index contributed by atoms with van der Waals surface area (Å²) < 4.78 is 20.0. The van der Waals surface area contributed by atoms with Crippen molar-refractivity contribution < 1.29 is 78.7 Å². The van der Waals surface area contributed by atoms with Gasteiger partial charge in [0.2, 0.25) is 0 Å². The highest BCUT2D eigenvalue weighted by Gasteiger charge is 2.34. The number of nitrogens with one attached hydrogen (secondary N) is 5. The molecule has 404 valence electrons. The molecule has 0 radical (unpaired) electrons. The van der Waals surface area contributed by atoms with Gasteiger partial charge in [-0.25, -0.2) is 0 Å². The van der Waals surface area contributed by atoms with Gasteiger partial charge >= 0.3 is 20.1 Å². The van der Waals surface area contributed by atoms with E-state index in [9.17, 15) is 60.0 Å². The molecule has 25 heteroatoms. The van der Waals surface area contributed by atoms with Gasteiger partial charge in [-0.15, -0.1) is 4.52 Å². The second-order valence-electron chi connectivity index (χ2n) is 16.9. The Bertz CT molecular complexity index is 1480. The molecule has 1 heterocycles. The third-order valence-electron chi connectivity index (χ3n) is 10.8. The van der Waals surface area contributed by atoms with Crippen LogP contribution < -0.4 is 26.6 Å². The van der Waals surface area contributed by atoms with Gasteiger partial charge in [-0.2, -0.15) is 14.7 Å². The summed E-state index contributed by atoms with van der Waals surface area (Å²) in [5.41, 5.74) is 1.22. The maximum absolute atomic E-state index is 12.4. The molecule has 69 heavy (non-hydrogen) atoms. The lowest BCUT2D eigenvalue weighted by molar-refractivity contribution is -0.156. The molecule has 0 spiro atoms. The molecule has 0 bridgehead atoms. The second kappa shape index (κ2) is 39.2. The molecule has 24 nitrogen and oxygen atoms in total. The number of aryl methyl sites for hydroxylation is 1. The predicted octanol–water partition coefficient (Wildman–Crippen LogP) is -3.01. The quantitative estimate of drug-likeness (QED) is 0.0176. The van der Waals surface area contributed by atoms with Crippen LogP contribution in [0.4, 0.5) is 0 Å². The number of carbonyl (C=O) groups is 2. The van der Waals surface area contributed by atoms with Gasteiger partial charge in [0.1, 0.15) is 62.2 Å². The number of nitrogens with zero attached hydrogens (tertiary/aromatic N) is 3. The van der Waals surface area contributed by atoms with Gasteiger partial charge in [0.15, 0.2) is 0 Å². The molecule has 0 aliphatic heterocycles. The molecular weight excluding hydrogens is 927 g/mol. The minimum Gasteiger partial charge on any atom is -0.506 e. The van der Waals surface area contributed by atoms with Crippen LogP contribution >= 0.6 is 8.17 Å². The van der Waals surface area contributed by atoms with Gasteiger partial charge in [0.25, 0.3) is 0 Å². The topological polar surface area (TPSA) is 353 Å². The van der Waals surface area contributed by atoms with Crippen LogP contribution in [0.3, 0.4) is 0 Å². The molecule has 0 saturated carbocycles. The van der Waals surface area contributed by atoms with E-state index in [2.05, 4.69) is 62.1 Å². The first kappa shape index (κ1) is 64.6. The van der Waals surface area contributed by atoms with Crippen molar-refractivity contribution in [2.24, 2.45) is 0 Å². The lowest BCUT2D eigenvalue weighted by Gasteiger charge is -2.25. The third-order valence-corrected chi connectivity index (χ3v) is 11.3. The summed E-state index contributed by atoms with van der Waals surface area (Å²) in [7, 11) is -4.48. The van der Waals surface area contributed by atoms with Crippen molar-refractivity contribution in [2.45, 2.75) is 116 Å². The van der Waals surface area contributed by atoms with E-state index in [0.717, 1.165) is 78.0 Å². The monoisotopic (exact) mass is 1020 g/mol. The molecule has 0 aliphatic carbocycles. The number of carbonyl (C=O) groups excluding carboxylic acids is 2. The van der Waals surface area contributed by atoms with Crippen molar-refractivity contribution in [3.63, 3.8) is 0 Å². The number of ether oxygens (including phenoxy) is 3. The van der Waals surface area contributed by atoms with Gasteiger partial charge < -0.3 is 81.4 Å². The summed E-state index contributed by atoms with van der Waals surface area (Å²) in [6, 6.07) is 0. The summed E-state index contributed by atoms with van der Waals surface area (Å²) in [4.78, 5) is 60.8. The third kappa shape index (κ3) is 31.6. The van der Waals surface area contributed by atoms with Crippen molar-refractivity contribution >= 4 is 20.1 Å². The molecule has 0 saturated heterocycles. The average molecular weight is 1020 g/mol. The van der Waals surface area contributed by atoms with Crippen molar-refractivity contribution in [1.82, 2.24) is 41.4 Å². The molecule has 1 aromatic heterocycles. The van der Waals surface area contributed by atoms with Crippen LogP contribution in [-0.4, -0.2) is 238 Å².